The number of nitrogens with one attached hydrogen (secondary N) is 1. The number of amides is 1. The second-order valence-corrected chi connectivity index (χ2v) is 8.48. The number of hydrogen-bond donors (Lipinski definition) is 1. The molecule has 1 N–H and O–H groups in total. The Bertz CT molecular complexity index is 869. The molecule has 2 aromatic rings. The van der Waals surface area contributed by atoms with Gasteiger partial charge in [-0.25, -0.2) is 8.42 Å². The normalized spacial score (nSPS) is 12.3. The Morgan fingerprint density at radius 2 is 1.70 bits per heavy atom. The van der Waals surface area contributed by atoms with Crippen LogP contribution in [-0.2, 0) is 14.8 Å². The first-order valence-corrected chi connectivity index (χ1v) is 10.6. The molecule has 6 nitrogen and oxygen atoms in total. The minimum atomic E-state index is -3.60. The van der Waals surface area contributed by atoms with Crippen molar-refractivity contribution < 1.29 is 13.2 Å². The molecule has 0 aliphatic heterocycles. The van der Waals surface area contributed by atoms with Crippen molar-refractivity contribution in [2.24, 2.45) is 0 Å². The van der Waals surface area contributed by atoms with Gasteiger partial charge in [0.2, 0.25) is 15.9 Å². The van der Waals surface area contributed by atoms with Crippen molar-refractivity contribution >= 4 is 27.3 Å². The smallest absolute Gasteiger partial charge is 0.243 e. The number of para-hydroxylation sites is 1. The summed E-state index contributed by atoms with van der Waals surface area (Å²) in [6, 6.07) is 16.1. The summed E-state index contributed by atoms with van der Waals surface area (Å²) < 4.78 is 25.8. The number of likely N-dealkylation sites (N-methyl/N-ethyl adjacent to an activating group) is 1. The van der Waals surface area contributed by atoms with Gasteiger partial charge in [0.15, 0.2) is 0 Å². The summed E-state index contributed by atoms with van der Waals surface area (Å²) in [6.07, 6.45) is 1.11. The van der Waals surface area contributed by atoms with Gasteiger partial charge in [-0.2, -0.15) is 0 Å². The Morgan fingerprint density at radius 1 is 1.07 bits per heavy atom. The number of carbonyl (C=O) groups excluding carboxylic acids is 1. The minimum absolute atomic E-state index is 0.330. The van der Waals surface area contributed by atoms with Crippen LogP contribution in [0.3, 0.4) is 0 Å². The third kappa shape index (κ3) is 5.72. The highest BCUT2D eigenvalue weighted by Crippen LogP contribution is 2.21. The van der Waals surface area contributed by atoms with Gasteiger partial charge in [-0.05, 0) is 43.7 Å². The van der Waals surface area contributed by atoms with Crippen molar-refractivity contribution in [3.8, 4) is 0 Å². The average Bonchev–Trinajstić information content (AvgIpc) is 2.61. The van der Waals surface area contributed by atoms with Gasteiger partial charge in [-0.1, -0.05) is 30.3 Å². The Morgan fingerprint density at radius 3 is 2.30 bits per heavy atom. The van der Waals surface area contributed by atoms with E-state index in [9.17, 15) is 13.2 Å². The molecule has 27 heavy (non-hydrogen) atoms. The fraction of sp³-hybridized carbons (Fsp3) is 0.350. The number of hydrogen-bond acceptors (Lipinski definition) is 4. The number of aryl methyl sites for hydroxylation is 1. The maximum absolute atomic E-state index is 12.6. The lowest BCUT2D eigenvalue weighted by Crippen LogP contribution is -2.49. The van der Waals surface area contributed by atoms with E-state index in [1.54, 1.807) is 25.1 Å². The van der Waals surface area contributed by atoms with Crippen LogP contribution >= 0.6 is 0 Å². The molecular weight excluding hydrogens is 362 g/mol. The first-order valence-electron chi connectivity index (χ1n) is 8.80. The van der Waals surface area contributed by atoms with E-state index in [2.05, 4.69) is 5.32 Å². The topological polar surface area (TPSA) is 69.7 Å². The third-order valence-electron chi connectivity index (χ3n) is 4.29. The number of nitrogens with zero attached hydrogens (tertiary/aromatic N) is 2. The summed E-state index contributed by atoms with van der Waals surface area (Å²) in [4.78, 5) is 14.6. The molecule has 0 aliphatic rings. The van der Waals surface area contributed by atoms with Crippen LogP contribution in [0.15, 0.2) is 54.6 Å². The summed E-state index contributed by atoms with van der Waals surface area (Å²) in [6.45, 7) is 4.51. The van der Waals surface area contributed by atoms with Crippen molar-refractivity contribution in [3.05, 3.63) is 60.2 Å². The van der Waals surface area contributed by atoms with Gasteiger partial charge in [-0.3, -0.25) is 9.10 Å². The molecule has 0 fully saturated rings. The lowest BCUT2D eigenvalue weighted by atomic mass is 10.2. The Kier molecular flexibility index (Phi) is 6.85. The quantitative estimate of drug-likeness (QED) is 0.753. The largest absolute Gasteiger partial charge is 0.373 e. The number of benzene rings is 2. The molecule has 0 radical (unpaired) electrons. The number of sulfonamides is 1. The van der Waals surface area contributed by atoms with Crippen molar-refractivity contribution in [2.75, 3.05) is 35.6 Å². The maximum Gasteiger partial charge on any atom is 0.243 e. The Hall–Kier alpha value is -2.54. The highest BCUT2D eigenvalue weighted by atomic mass is 32.2. The third-order valence-corrected chi connectivity index (χ3v) is 5.53. The second-order valence-electron chi connectivity index (χ2n) is 6.62. The van der Waals surface area contributed by atoms with E-state index in [4.69, 9.17) is 0 Å². The van der Waals surface area contributed by atoms with Gasteiger partial charge in [0.1, 0.15) is 6.04 Å². The van der Waals surface area contributed by atoms with Gasteiger partial charge in [0.05, 0.1) is 11.9 Å². The zero-order chi connectivity index (χ0) is 20.0. The molecule has 0 bridgehead atoms. The molecular formula is C20H27N3O3S. The lowest BCUT2D eigenvalue weighted by molar-refractivity contribution is -0.121. The van der Waals surface area contributed by atoms with Crippen LogP contribution in [0.5, 0.6) is 0 Å². The summed E-state index contributed by atoms with van der Waals surface area (Å²) in [5.74, 6) is -0.330. The summed E-state index contributed by atoms with van der Waals surface area (Å²) in [7, 11) is -1.66. The fourth-order valence-corrected chi connectivity index (χ4v) is 4.05. The zero-order valence-corrected chi connectivity index (χ0v) is 17.0. The molecule has 0 aliphatic carbocycles. The van der Waals surface area contributed by atoms with Crippen LogP contribution in [0, 0.1) is 6.92 Å². The molecule has 1 atom stereocenters. The first-order chi connectivity index (χ1) is 12.7. The minimum Gasteiger partial charge on any atom is -0.373 e. The van der Waals surface area contributed by atoms with E-state index in [0.717, 1.165) is 21.8 Å². The predicted molar refractivity (Wildman–Crippen MR) is 111 cm³/mol. The van der Waals surface area contributed by atoms with Crippen molar-refractivity contribution in [3.63, 3.8) is 0 Å². The Balaban J connectivity index is 2.03. The molecule has 0 saturated carbocycles. The second kappa shape index (κ2) is 8.90. The molecule has 0 aromatic heterocycles. The molecule has 2 aromatic carbocycles. The highest BCUT2D eigenvalue weighted by molar-refractivity contribution is 7.92. The molecule has 0 spiro atoms. The van der Waals surface area contributed by atoms with Gasteiger partial charge < -0.3 is 10.2 Å². The van der Waals surface area contributed by atoms with Crippen molar-refractivity contribution in [2.45, 2.75) is 19.9 Å². The van der Waals surface area contributed by atoms with Gasteiger partial charge >= 0.3 is 0 Å². The molecule has 0 saturated heterocycles. The predicted octanol–water partition coefficient (Wildman–Crippen LogP) is 2.40. The van der Waals surface area contributed by atoms with E-state index in [-0.39, 0.29) is 5.91 Å². The molecule has 0 heterocycles. The molecule has 1 amide bonds. The maximum atomic E-state index is 12.6. The standard InChI is InChI=1S/C20H27N3O3S/c1-16-9-8-12-19(15-16)23(27(4,25)26)17(2)20(24)21-13-14-22(3)18-10-6-5-7-11-18/h5-12,15,17H,13-14H2,1-4H3,(H,21,24)/t17-/m0/s1. The van der Waals surface area contributed by atoms with E-state index in [1.807, 2.05) is 55.3 Å². The molecule has 0 unspecified atom stereocenters. The van der Waals surface area contributed by atoms with Crippen LogP contribution in [-0.4, -0.2) is 46.8 Å². The van der Waals surface area contributed by atoms with Crippen molar-refractivity contribution in [1.29, 1.82) is 0 Å². The zero-order valence-electron chi connectivity index (χ0n) is 16.2. The molecule has 2 rings (SSSR count). The number of carbonyl (C=O) groups is 1. The molecule has 146 valence electrons. The SMILES string of the molecule is Cc1cccc(N([C@@H](C)C(=O)NCCN(C)c2ccccc2)S(C)(=O)=O)c1. The number of anilines is 2. The summed E-state index contributed by atoms with van der Waals surface area (Å²) in [5, 5.41) is 2.83. The average molecular weight is 390 g/mol. The van der Waals surface area contributed by atoms with Gasteiger partial charge in [0.25, 0.3) is 0 Å². The van der Waals surface area contributed by atoms with Gasteiger partial charge in [-0.15, -0.1) is 0 Å². The number of rotatable bonds is 8. The van der Waals surface area contributed by atoms with Crippen LogP contribution in [0.2, 0.25) is 0 Å². The lowest BCUT2D eigenvalue weighted by Gasteiger charge is -2.29. The van der Waals surface area contributed by atoms with Gasteiger partial charge in [0, 0.05) is 25.8 Å². The van der Waals surface area contributed by atoms with Crippen molar-refractivity contribution in [1.82, 2.24) is 5.32 Å². The van der Waals surface area contributed by atoms with E-state index >= 15 is 0 Å². The van der Waals surface area contributed by atoms with E-state index < -0.39 is 16.1 Å². The summed E-state index contributed by atoms with van der Waals surface area (Å²) in [5.41, 5.74) is 2.47. The van der Waals surface area contributed by atoms with Crippen LogP contribution in [0.4, 0.5) is 11.4 Å². The Labute approximate surface area is 161 Å². The first kappa shape index (κ1) is 20.8. The highest BCUT2D eigenvalue weighted by Gasteiger charge is 2.28. The van der Waals surface area contributed by atoms with E-state index in [0.29, 0.717) is 18.8 Å². The monoisotopic (exact) mass is 389 g/mol. The fourth-order valence-electron chi connectivity index (χ4n) is 2.88. The van der Waals surface area contributed by atoms with Crippen LogP contribution in [0.25, 0.3) is 0 Å². The van der Waals surface area contributed by atoms with E-state index in [1.165, 1.54) is 0 Å². The summed E-state index contributed by atoms with van der Waals surface area (Å²) >= 11 is 0. The van der Waals surface area contributed by atoms with Crippen LogP contribution < -0.4 is 14.5 Å². The molecule has 7 heteroatoms. The van der Waals surface area contributed by atoms with Crippen LogP contribution in [0.1, 0.15) is 12.5 Å².